The Morgan fingerprint density at radius 1 is 0.400 bits per heavy atom. The maximum atomic E-state index is 12.1. The van der Waals surface area contributed by atoms with E-state index in [0.29, 0.717) is 0 Å². The smallest absolute Gasteiger partial charge is 0.323 e. The van der Waals surface area contributed by atoms with E-state index in [-0.39, 0.29) is 6.03 Å². The molecule has 4 aromatic rings. The van der Waals surface area contributed by atoms with Gasteiger partial charge in [0, 0.05) is 34.1 Å². The van der Waals surface area contributed by atoms with Crippen LogP contribution in [0.5, 0.6) is 0 Å². The van der Waals surface area contributed by atoms with Crippen LogP contribution in [0.25, 0.3) is 0 Å². The molecule has 0 aliphatic rings. The maximum absolute atomic E-state index is 12.1. The molecule has 30 heavy (non-hydrogen) atoms. The number of carbonyl (C=O) groups is 1. The highest BCUT2D eigenvalue weighted by molar-refractivity contribution is 5.99. The van der Waals surface area contributed by atoms with Crippen LogP contribution in [-0.4, -0.2) is 6.03 Å². The van der Waals surface area contributed by atoms with Crippen molar-refractivity contribution in [2.45, 2.75) is 0 Å². The molecular formula is C25H22N4O. The third kappa shape index (κ3) is 5.39. The third-order valence-corrected chi connectivity index (χ3v) is 4.41. The molecule has 0 unspecified atom stereocenters. The predicted molar refractivity (Wildman–Crippen MR) is 125 cm³/mol. The van der Waals surface area contributed by atoms with Crippen LogP contribution in [0.15, 0.2) is 109 Å². The molecule has 0 heterocycles. The minimum absolute atomic E-state index is 0.275. The normalized spacial score (nSPS) is 10.1. The van der Waals surface area contributed by atoms with Gasteiger partial charge in [0.05, 0.1) is 0 Å². The summed E-state index contributed by atoms with van der Waals surface area (Å²) in [5.41, 5.74) is 5.46. The van der Waals surface area contributed by atoms with Gasteiger partial charge in [-0.25, -0.2) is 4.79 Å². The summed E-state index contributed by atoms with van der Waals surface area (Å²) in [5, 5.41) is 12.3. The molecule has 5 nitrogen and oxygen atoms in total. The number of amides is 2. The van der Waals surface area contributed by atoms with Crippen molar-refractivity contribution in [1.29, 1.82) is 0 Å². The Morgan fingerprint density at radius 3 is 1.13 bits per heavy atom. The summed E-state index contributed by atoms with van der Waals surface area (Å²) in [6, 6.07) is 34.8. The van der Waals surface area contributed by atoms with Gasteiger partial charge < -0.3 is 21.3 Å². The summed E-state index contributed by atoms with van der Waals surface area (Å²) in [6.07, 6.45) is 0. The van der Waals surface area contributed by atoms with Gasteiger partial charge in [-0.05, 0) is 72.8 Å². The molecular weight excluding hydrogens is 372 g/mol. The average Bonchev–Trinajstić information content (AvgIpc) is 2.78. The lowest BCUT2D eigenvalue weighted by molar-refractivity contribution is 0.262. The zero-order valence-corrected chi connectivity index (χ0v) is 16.3. The number of hydrogen-bond acceptors (Lipinski definition) is 3. The molecule has 4 aromatic carbocycles. The zero-order valence-electron chi connectivity index (χ0n) is 16.3. The van der Waals surface area contributed by atoms with E-state index < -0.39 is 0 Å². The Labute approximate surface area is 175 Å². The fraction of sp³-hybridized carbons (Fsp3) is 0. The highest BCUT2D eigenvalue weighted by Crippen LogP contribution is 2.22. The molecule has 0 aliphatic carbocycles. The van der Waals surface area contributed by atoms with Crippen LogP contribution in [0.3, 0.4) is 0 Å². The van der Waals surface area contributed by atoms with Crippen LogP contribution in [0.2, 0.25) is 0 Å². The SMILES string of the molecule is O=C(Nc1ccccc1)Nc1ccc(Nc2ccc(Nc3ccccc3)cc2)cc1. The van der Waals surface area contributed by atoms with Crippen molar-refractivity contribution >= 4 is 40.2 Å². The van der Waals surface area contributed by atoms with Crippen molar-refractivity contribution in [3.05, 3.63) is 109 Å². The van der Waals surface area contributed by atoms with E-state index in [4.69, 9.17) is 0 Å². The number of carbonyl (C=O) groups excluding carboxylic acids is 1. The lowest BCUT2D eigenvalue weighted by Gasteiger charge is -2.11. The number of benzene rings is 4. The molecule has 0 aliphatic heterocycles. The molecule has 2 amide bonds. The number of rotatable bonds is 6. The molecule has 0 aromatic heterocycles. The van der Waals surface area contributed by atoms with E-state index in [2.05, 4.69) is 21.3 Å². The Balaban J connectivity index is 1.31. The minimum atomic E-state index is -0.275. The second-order valence-electron chi connectivity index (χ2n) is 6.72. The molecule has 0 fully saturated rings. The fourth-order valence-corrected chi connectivity index (χ4v) is 2.94. The lowest BCUT2D eigenvalue weighted by Crippen LogP contribution is -2.19. The van der Waals surface area contributed by atoms with Gasteiger partial charge in [-0.15, -0.1) is 0 Å². The van der Waals surface area contributed by atoms with E-state index in [1.54, 1.807) is 0 Å². The van der Waals surface area contributed by atoms with Crippen molar-refractivity contribution in [1.82, 2.24) is 0 Å². The second-order valence-corrected chi connectivity index (χ2v) is 6.72. The molecule has 5 heteroatoms. The van der Waals surface area contributed by atoms with E-state index in [1.807, 2.05) is 109 Å². The molecule has 0 bridgehead atoms. The summed E-state index contributed by atoms with van der Waals surface area (Å²) in [7, 11) is 0. The monoisotopic (exact) mass is 394 g/mol. The van der Waals surface area contributed by atoms with E-state index in [9.17, 15) is 4.79 Å². The number of para-hydroxylation sites is 2. The van der Waals surface area contributed by atoms with E-state index in [1.165, 1.54) is 0 Å². The van der Waals surface area contributed by atoms with Gasteiger partial charge in [-0.3, -0.25) is 0 Å². The van der Waals surface area contributed by atoms with Crippen molar-refractivity contribution in [3.8, 4) is 0 Å². The first-order chi connectivity index (χ1) is 14.7. The zero-order chi connectivity index (χ0) is 20.6. The molecule has 4 rings (SSSR count). The summed E-state index contributed by atoms with van der Waals surface area (Å²) in [5.74, 6) is 0. The fourth-order valence-electron chi connectivity index (χ4n) is 2.94. The van der Waals surface area contributed by atoms with Crippen LogP contribution in [-0.2, 0) is 0 Å². The number of hydrogen-bond donors (Lipinski definition) is 4. The van der Waals surface area contributed by atoms with Gasteiger partial charge in [0.1, 0.15) is 0 Å². The van der Waals surface area contributed by atoms with Gasteiger partial charge >= 0.3 is 6.03 Å². The van der Waals surface area contributed by atoms with Gasteiger partial charge in [0.15, 0.2) is 0 Å². The highest BCUT2D eigenvalue weighted by atomic mass is 16.2. The first kappa shape index (κ1) is 19.1. The quantitative estimate of drug-likeness (QED) is 0.290. The average molecular weight is 394 g/mol. The molecule has 0 saturated carbocycles. The van der Waals surface area contributed by atoms with Crippen molar-refractivity contribution in [3.63, 3.8) is 0 Å². The number of anilines is 6. The second kappa shape index (κ2) is 9.30. The van der Waals surface area contributed by atoms with Crippen LogP contribution < -0.4 is 21.3 Å². The molecule has 148 valence electrons. The van der Waals surface area contributed by atoms with Crippen LogP contribution in [0.4, 0.5) is 38.9 Å². The Hall–Kier alpha value is -4.25. The first-order valence-electron chi connectivity index (χ1n) is 9.67. The molecule has 0 saturated heterocycles. The predicted octanol–water partition coefficient (Wildman–Crippen LogP) is 6.82. The Morgan fingerprint density at radius 2 is 0.700 bits per heavy atom. The number of nitrogens with one attached hydrogen (secondary N) is 4. The summed E-state index contributed by atoms with van der Waals surface area (Å²) in [4.78, 5) is 12.1. The van der Waals surface area contributed by atoms with Crippen molar-refractivity contribution in [2.24, 2.45) is 0 Å². The lowest BCUT2D eigenvalue weighted by atomic mass is 10.2. The van der Waals surface area contributed by atoms with Crippen LogP contribution >= 0.6 is 0 Å². The van der Waals surface area contributed by atoms with Crippen molar-refractivity contribution < 1.29 is 4.79 Å². The highest BCUT2D eigenvalue weighted by Gasteiger charge is 2.03. The van der Waals surface area contributed by atoms with Gasteiger partial charge in [0.2, 0.25) is 0 Å². The Kier molecular flexibility index (Phi) is 5.91. The van der Waals surface area contributed by atoms with Gasteiger partial charge in [0.25, 0.3) is 0 Å². The number of urea groups is 1. The summed E-state index contributed by atoms with van der Waals surface area (Å²) < 4.78 is 0. The van der Waals surface area contributed by atoms with Crippen LogP contribution in [0.1, 0.15) is 0 Å². The summed E-state index contributed by atoms with van der Waals surface area (Å²) in [6.45, 7) is 0. The Bertz CT molecular complexity index is 1080. The summed E-state index contributed by atoms with van der Waals surface area (Å²) >= 11 is 0. The first-order valence-corrected chi connectivity index (χ1v) is 9.67. The molecule has 0 radical (unpaired) electrons. The molecule has 0 atom stereocenters. The largest absolute Gasteiger partial charge is 0.356 e. The van der Waals surface area contributed by atoms with Crippen molar-refractivity contribution in [2.75, 3.05) is 21.3 Å². The topological polar surface area (TPSA) is 65.2 Å². The van der Waals surface area contributed by atoms with Gasteiger partial charge in [-0.1, -0.05) is 36.4 Å². The van der Waals surface area contributed by atoms with E-state index in [0.717, 1.165) is 34.1 Å². The third-order valence-electron chi connectivity index (χ3n) is 4.41. The van der Waals surface area contributed by atoms with Crippen LogP contribution in [0, 0.1) is 0 Å². The standard InChI is InChI=1S/C25H22N4O/c30-25(28-20-9-5-2-6-10-20)29-24-17-15-23(16-18-24)27-22-13-11-21(12-14-22)26-19-7-3-1-4-8-19/h1-18,26-27H,(H2,28,29,30). The molecule has 0 spiro atoms. The minimum Gasteiger partial charge on any atom is -0.356 e. The molecule has 4 N–H and O–H groups in total. The van der Waals surface area contributed by atoms with E-state index >= 15 is 0 Å². The maximum Gasteiger partial charge on any atom is 0.323 e. The van der Waals surface area contributed by atoms with Gasteiger partial charge in [-0.2, -0.15) is 0 Å².